The number of carbonyl (C=O) groups is 1. The lowest BCUT2D eigenvalue weighted by Gasteiger charge is -2.25. The maximum Gasteiger partial charge on any atom is 0.418 e. The van der Waals surface area contributed by atoms with E-state index in [1.165, 1.54) is 40.7 Å². The molecule has 174 valence electrons. The molecule has 0 radical (unpaired) electrons. The molecule has 0 aliphatic carbocycles. The fourth-order valence-corrected chi connectivity index (χ4v) is 5.08. The van der Waals surface area contributed by atoms with Gasteiger partial charge in [0, 0.05) is 32.9 Å². The molecule has 10 heteroatoms. The Morgan fingerprint density at radius 2 is 1.66 bits per heavy atom. The molecule has 2 aromatic rings. The van der Waals surface area contributed by atoms with Crippen molar-refractivity contribution in [3.63, 3.8) is 0 Å². The van der Waals surface area contributed by atoms with Crippen LogP contribution in [0.5, 0.6) is 0 Å². The molecule has 0 saturated carbocycles. The highest BCUT2D eigenvalue weighted by Gasteiger charge is 2.34. The number of piperidine rings is 1. The van der Waals surface area contributed by atoms with Gasteiger partial charge in [-0.1, -0.05) is 18.6 Å². The van der Waals surface area contributed by atoms with Gasteiger partial charge in [-0.3, -0.25) is 4.79 Å². The van der Waals surface area contributed by atoms with Gasteiger partial charge in [-0.15, -0.1) is 0 Å². The van der Waals surface area contributed by atoms with Crippen LogP contribution in [0.3, 0.4) is 0 Å². The number of nitrogens with one attached hydrogen (secondary N) is 1. The van der Waals surface area contributed by atoms with Crippen molar-refractivity contribution in [2.75, 3.05) is 37.4 Å². The molecular formula is C22H26F3N3O3S. The van der Waals surface area contributed by atoms with E-state index < -0.39 is 27.7 Å². The first-order chi connectivity index (χ1) is 15.0. The summed E-state index contributed by atoms with van der Waals surface area (Å²) < 4.78 is 67.2. The van der Waals surface area contributed by atoms with Crippen molar-refractivity contribution in [1.82, 2.24) is 4.31 Å². The van der Waals surface area contributed by atoms with Crippen molar-refractivity contribution in [2.45, 2.75) is 36.8 Å². The number of sulfonamides is 1. The Hall–Kier alpha value is -2.59. The van der Waals surface area contributed by atoms with Gasteiger partial charge in [-0.2, -0.15) is 17.5 Å². The van der Waals surface area contributed by atoms with E-state index in [2.05, 4.69) is 5.32 Å². The van der Waals surface area contributed by atoms with Crippen molar-refractivity contribution in [3.8, 4) is 0 Å². The molecule has 32 heavy (non-hydrogen) atoms. The Morgan fingerprint density at radius 1 is 1.03 bits per heavy atom. The summed E-state index contributed by atoms with van der Waals surface area (Å²) in [7, 11) is -0.329. The topological polar surface area (TPSA) is 69.7 Å². The summed E-state index contributed by atoms with van der Waals surface area (Å²) >= 11 is 0. The van der Waals surface area contributed by atoms with Crippen LogP contribution in [0.4, 0.5) is 24.5 Å². The van der Waals surface area contributed by atoms with Crippen molar-refractivity contribution in [3.05, 3.63) is 53.6 Å². The minimum Gasteiger partial charge on any atom is -0.378 e. The lowest BCUT2D eigenvalue weighted by Crippen LogP contribution is -2.35. The zero-order chi connectivity index (χ0) is 23.5. The molecule has 1 aliphatic heterocycles. The van der Waals surface area contributed by atoms with Crippen LogP contribution in [-0.4, -0.2) is 45.8 Å². The Kier molecular flexibility index (Phi) is 7.14. The first-order valence-electron chi connectivity index (χ1n) is 10.3. The summed E-state index contributed by atoms with van der Waals surface area (Å²) in [4.78, 5) is 14.1. The molecule has 1 fully saturated rings. The predicted octanol–water partition coefficient (Wildman–Crippen LogP) is 4.13. The number of benzene rings is 2. The standard InChI is InChI=1S/C22H26F3N3O3S/c1-27(2)17-8-11-20(19(15-17)22(23,24)25)26-21(29)14-16-6-9-18(10-7-16)32(30,31)28-12-4-3-5-13-28/h6-11,15H,3-5,12-14H2,1-2H3,(H,26,29). The van der Waals surface area contributed by atoms with Crippen LogP contribution in [0, 0.1) is 0 Å². The molecule has 0 atom stereocenters. The Balaban J connectivity index is 1.72. The summed E-state index contributed by atoms with van der Waals surface area (Å²) in [6.07, 6.45) is -2.15. The van der Waals surface area contributed by atoms with Crippen molar-refractivity contribution < 1.29 is 26.4 Å². The number of alkyl halides is 3. The number of hydrogen-bond acceptors (Lipinski definition) is 4. The monoisotopic (exact) mass is 469 g/mol. The minimum absolute atomic E-state index is 0.141. The van der Waals surface area contributed by atoms with Gasteiger partial charge in [0.25, 0.3) is 0 Å². The molecule has 1 aliphatic rings. The highest BCUT2D eigenvalue weighted by atomic mass is 32.2. The number of carbonyl (C=O) groups excluding carboxylic acids is 1. The summed E-state index contributed by atoms with van der Waals surface area (Å²) in [5.41, 5.74) is -0.392. The summed E-state index contributed by atoms with van der Waals surface area (Å²) in [6.45, 7) is 0.973. The van der Waals surface area contributed by atoms with E-state index in [9.17, 15) is 26.4 Å². The number of anilines is 2. The highest BCUT2D eigenvalue weighted by molar-refractivity contribution is 7.89. The number of nitrogens with zero attached hydrogens (tertiary/aromatic N) is 2. The van der Waals surface area contributed by atoms with Crippen LogP contribution in [0.1, 0.15) is 30.4 Å². The predicted molar refractivity (Wildman–Crippen MR) is 117 cm³/mol. The molecule has 3 rings (SSSR count). The summed E-state index contributed by atoms with van der Waals surface area (Å²) in [6, 6.07) is 9.58. The maximum atomic E-state index is 13.4. The third kappa shape index (κ3) is 5.60. The van der Waals surface area contributed by atoms with Gasteiger partial charge in [0.1, 0.15) is 0 Å². The van der Waals surface area contributed by atoms with Gasteiger partial charge in [-0.25, -0.2) is 8.42 Å². The first-order valence-corrected chi connectivity index (χ1v) is 11.7. The van der Waals surface area contributed by atoms with Gasteiger partial charge in [0.2, 0.25) is 15.9 Å². The van der Waals surface area contributed by atoms with Crippen molar-refractivity contribution in [2.24, 2.45) is 0 Å². The number of halogens is 3. The highest BCUT2D eigenvalue weighted by Crippen LogP contribution is 2.37. The molecule has 2 aromatic carbocycles. The number of hydrogen-bond donors (Lipinski definition) is 1. The van der Waals surface area contributed by atoms with E-state index in [0.717, 1.165) is 25.3 Å². The molecule has 1 saturated heterocycles. The van der Waals surface area contributed by atoms with E-state index in [4.69, 9.17) is 0 Å². The summed E-state index contributed by atoms with van der Waals surface area (Å²) in [5, 5.41) is 2.32. The van der Waals surface area contributed by atoms with Gasteiger partial charge < -0.3 is 10.2 Å². The molecule has 1 amide bonds. The molecule has 0 spiro atoms. The van der Waals surface area contributed by atoms with Crippen LogP contribution in [0.2, 0.25) is 0 Å². The first kappa shape index (κ1) is 24.1. The Morgan fingerprint density at radius 3 is 2.22 bits per heavy atom. The van der Waals surface area contributed by atoms with E-state index in [1.807, 2.05) is 0 Å². The molecule has 6 nitrogen and oxygen atoms in total. The van der Waals surface area contributed by atoms with Crippen molar-refractivity contribution >= 4 is 27.3 Å². The molecule has 0 bridgehead atoms. The number of amides is 1. The zero-order valence-corrected chi connectivity index (χ0v) is 18.8. The normalized spacial score (nSPS) is 15.4. The average molecular weight is 470 g/mol. The van der Waals surface area contributed by atoms with Gasteiger partial charge in [0.05, 0.1) is 22.6 Å². The van der Waals surface area contributed by atoms with Gasteiger partial charge in [-0.05, 0) is 48.7 Å². The molecule has 1 heterocycles. The molecular weight excluding hydrogens is 443 g/mol. The third-order valence-corrected chi connectivity index (χ3v) is 7.25. The lowest BCUT2D eigenvalue weighted by atomic mass is 10.1. The van der Waals surface area contributed by atoms with Crippen LogP contribution in [0.25, 0.3) is 0 Å². The SMILES string of the molecule is CN(C)c1ccc(NC(=O)Cc2ccc(S(=O)(=O)N3CCCCC3)cc2)c(C(F)(F)F)c1. The minimum atomic E-state index is -4.63. The van der Waals surface area contributed by atoms with Crippen LogP contribution in [0.15, 0.2) is 47.4 Å². The fraction of sp³-hybridized carbons (Fsp3) is 0.409. The Labute approximate surface area is 186 Å². The van der Waals surface area contributed by atoms with Gasteiger partial charge in [0.15, 0.2) is 0 Å². The second-order valence-corrected chi connectivity index (χ2v) is 9.89. The van der Waals surface area contributed by atoms with Crippen LogP contribution < -0.4 is 10.2 Å². The largest absolute Gasteiger partial charge is 0.418 e. The quantitative estimate of drug-likeness (QED) is 0.691. The van der Waals surface area contributed by atoms with Crippen LogP contribution >= 0.6 is 0 Å². The second kappa shape index (κ2) is 9.50. The van der Waals surface area contributed by atoms with E-state index in [-0.39, 0.29) is 17.0 Å². The second-order valence-electron chi connectivity index (χ2n) is 7.96. The smallest absolute Gasteiger partial charge is 0.378 e. The average Bonchev–Trinajstić information content (AvgIpc) is 2.74. The Bertz CT molecular complexity index is 1060. The van der Waals surface area contributed by atoms with E-state index in [0.29, 0.717) is 24.3 Å². The maximum absolute atomic E-state index is 13.4. The lowest BCUT2D eigenvalue weighted by molar-refractivity contribution is -0.136. The molecule has 1 N–H and O–H groups in total. The van der Waals surface area contributed by atoms with E-state index >= 15 is 0 Å². The van der Waals surface area contributed by atoms with Crippen LogP contribution in [-0.2, 0) is 27.4 Å². The molecule has 0 aromatic heterocycles. The zero-order valence-electron chi connectivity index (χ0n) is 17.9. The van der Waals surface area contributed by atoms with Crippen molar-refractivity contribution in [1.29, 1.82) is 0 Å². The molecule has 0 unspecified atom stereocenters. The fourth-order valence-electron chi connectivity index (χ4n) is 3.57. The van der Waals surface area contributed by atoms with E-state index in [1.54, 1.807) is 19.0 Å². The third-order valence-electron chi connectivity index (χ3n) is 5.34. The summed E-state index contributed by atoms with van der Waals surface area (Å²) in [5.74, 6) is -0.625. The number of rotatable bonds is 6. The van der Waals surface area contributed by atoms with Gasteiger partial charge >= 0.3 is 6.18 Å².